The molecule has 36 heavy (non-hydrogen) atoms. The van der Waals surface area contributed by atoms with E-state index in [2.05, 4.69) is 5.32 Å². The molecule has 3 aromatic rings. The van der Waals surface area contributed by atoms with Crippen molar-refractivity contribution in [1.29, 1.82) is 0 Å². The van der Waals surface area contributed by atoms with Gasteiger partial charge in [0.1, 0.15) is 11.7 Å². The van der Waals surface area contributed by atoms with Gasteiger partial charge in [0, 0.05) is 11.5 Å². The molecule has 1 spiro atoms. The van der Waals surface area contributed by atoms with Gasteiger partial charge in [-0.15, -0.1) is 0 Å². The van der Waals surface area contributed by atoms with E-state index in [0.29, 0.717) is 5.75 Å². The normalized spacial score (nSPS) is 31.5. The largest absolute Gasteiger partial charge is 0.478 e. The van der Waals surface area contributed by atoms with E-state index in [0.717, 1.165) is 33.4 Å². The Morgan fingerprint density at radius 1 is 1.06 bits per heavy atom. The van der Waals surface area contributed by atoms with Crippen LogP contribution in [0.1, 0.15) is 39.3 Å². The van der Waals surface area contributed by atoms with Gasteiger partial charge < -0.3 is 25.6 Å². The number of aliphatic hydroxyl groups is 1. The quantitative estimate of drug-likeness (QED) is 0.494. The molecule has 0 saturated heterocycles. The van der Waals surface area contributed by atoms with Crippen molar-refractivity contribution in [3.05, 3.63) is 100 Å². The number of esters is 1. The minimum absolute atomic E-state index is 0.0471. The number of carbonyl (C=O) groups is 1. The Labute approximate surface area is 210 Å². The number of aliphatic imine (C=N–C) groups is 1. The first kappa shape index (κ1) is 22.6. The minimum atomic E-state index is -1.92. The van der Waals surface area contributed by atoms with Crippen LogP contribution in [-0.2, 0) is 20.7 Å². The van der Waals surface area contributed by atoms with Gasteiger partial charge in [0.25, 0.3) is 0 Å². The molecular formula is C29H29N3O4. The first-order valence-electron chi connectivity index (χ1n) is 12.1. The van der Waals surface area contributed by atoms with Crippen LogP contribution in [0.2, 0.25) is 0 Å². The Balaban J connectivity index is 1.81. The summed E-state index contributed by atoms with van der Waals surface area (Å²) in [5, 5.41) is 15.7. The van der Waals surface area contributed by atoms with Gasteiger partial charge in [-0.3, -0.25) is 4.79 Å². The Hall–Kier alpha value is -3.84. The highest BCUT2D eigenvalue weighted by atomic mass is 16.5. The van der Waals surface area contributed by atoms with Gasteiger partial charge in [-0.2, -0.15) is 0 Å². The fourth-order valence-corrected chi connectivity index (χ4v) is 6.93. The molecule has 6 rings (SSSR count). The molecule has 0 aromatic heterocycles. The summed E-state index contributed by atoms with van der Waals surface area (Å²) in [6.07, 6.45) is 0. The van der Waals surface area contributed by atoms with Crippen LogP contribution in [-0.4, -0.2) is 29.9 Å². The summed E-state index contributed by atoms with van der Waals surface area (Å²) in [6.45, 7) is 5.99. The van der Waals surface area contributed by atoms with E-state index in [4.69, 9.17) is 20.2 Å². The van der Waals surface area contributed by atoms with Crippen LogP contribution >= 0.6 is 0 Å². The molecule has 2 aliphatic heterocycles. The predicted octanol–water partition coefficient (Wildman–Crippen LogP) is 3.29. The van der Waals surface area contributed by atoms with Crippen molar-refractivity contribution in [3.63, 3.8) is 0 Å². The average Bonchev–Trinajstić information content (AvgIpc) is 3.34. The van der Waals surface area contributed by atoms with Crippen LogP contribution in [0.4, 0.5) is 0 Å². The standard InChI is InChI=1S/C29H29N3O4/c1-16-10-12-20(13-11-16)27-23(19-8-6-5-7-9-19)24(25(33)35-4)29(34)28(27,31-26(30)32-29)22-18(3)14-17(2)15-21(22)36-27/h5-15,23-24,34H,1-4H3,(H3,30,31,32)/t23-,24+,27+,28-,29-/m1/s1. The highest BCUT2D eigenvalue weighted by molar-refractivity contribution is 5.89. The van der Waals surface area contributed by atoms with Crippen molar-refractivity contribution >= 4 is 11.9 Å². The molecule has 0 bridgehead atoms. The number of hydrogen-bond donors (Lipinski definition) is 3. The Kier molecular flexibility index (Phi) is 4.61. The maximum Gasteiger partial charge on any atom is 0.314 e. The Morgan fingerprint density at radius 3 is 2.42 bits per heavy atom. The van der Waals surface area contributed by atoms with Crippen LogP contribution in [0.15, 0.2) is 71.7 Å². The SMILES string of the molecule is COC(=O)[C@@H]1[C@@H](c2ccccc2)[C@]2(c3ccc(C)cc3)Oc3cc(C)cc(C)c3[C@@]23N=C(N)N[C@@]13O. The highest BCUT2D eigenvalue weighted by Crippen LogP contribution is 2.74. The molecule has 2 heterocycles. The van der Waals surface area contributed by atoms with Gasteiger partial charge in [-0.1, -0.05) is 66.2 Å². The molecule has 7 nitrogen and oxygen atoms in total. The summed E-state index contributed by atoms with van der Waals surface area (Å²) in [5.74, 6) is -1.64. The molecular weight excluding hydrogens is 454 g/mol. The Bertz CT molecular complexity index is 1420. The number of nitrogens with two attached hydrogens (primary N) is 1. The lowest BCUT2D eigenvalue weighted by Crippen LogP contribution is -2.62. The van der Waals surface area contributed by atoms with Crippen LogP contribution in [0.3, 0.4) is 0 Å². The maximum atomic E-state index is 13.6. The number of aryl methyl sites for hydroxylation is 3. The van der Waals surface area contributed by atoms with Crippen LogP contribution in [0.5, 0.6) is 5.75 Å². The lowest BCUT2D eigenvalue weighted by Gasteiger charge is -2.42. The van der Waals surface area contributed by atoms with Gasteiger partial charge in [0.2, 0.25) is 0 Å². The van der Waals surface area contributed by atoms with Crippen molar-refractivity contribution in [2.24, 2.45) is 16.6 Å². The smallest absolute Gasteiger partial charge is 0.314 e. The van der Waals surface area contributed by atoms with Gasteiger partial charge in [0.05, 0.1) is 7.11 Å². The third-order valence-electron chi connectivity index (χ3n) is 8.09. The number of carbonyl (C=O) groups excluding carboxylic acids is 1. The van der Waals surface area contributed by atoms with E-state index in [-0.39, 0.29) is 5.96 Å². The Morgan fingerprint density at radius 2 is 1.75 bits per heavy atom. The maximum absolute atomic E-state index is 13.6. The second-order valence-electron chi connectivity index (χ2n) is 10.1. The lowest BCUT2D eigenvalue weighted by molar-refractivity contribution is -0.158. The van der Waals surface area contributed by atoms with E-state index >= 15 is 0 Å². The average molecular weight is 484 g/mol. The van der Waals surface area contributed by atoms with Gasteiger partial charge in [-0.25, -0.2) is 4.99 Å². The molecule has 1 aliphatic carbocycles. The first-order chi connectivity index (χ1) is 17.2. The fourth-order valence-electron chi connectivity index (χ4n) is 6.93. The molecule has 1 saturated carbocycles. The summed E-state index contributed by atoms with van der Waals surface area (Å²) in [7, 11) is 1.33. The van der Waals surface area contributed by atoms with E-state index < -0.39 is 34.7 Å². The van der Waals surface area contributed by atoms with Crippen LogP contribution in [0, 0.1) is 26.7 Å². The van der Waals surface area contributed by atoms with Crippen molar-refractivity contribution in [3.8, 4) is 5.75 Å². The topological polar surface area (TPSA) is 106 Å². The minimum Gasteiger partial charge on any atom is -0.478 e. The number of ether oxygens (including phenoxy) is 2. The zero-order chi connectivity index (χ0) is 25.5. The van der Waals surface area contributed by atoms with E-state index in [1.165, 1.54) is 7.11 Å². The number of benzene rings is 3. The summed E-state index contributed by atoms with van der Waals surface area (Å²) in [5.41, 5.74) is 6.98. The second-order valence-corrected chi connectivity index (χ2v) is 10.1. The molecule has 3 aliphatic rings. The zero-order valence-corrected chi connectivity index (χ0v) is 20.7. The zero-order valence-electron chi connectivity index (χ0n) is 20.7. The third-order valence-corrected chi connectivity index (χ3v) is 8.09. The number of guanidine groups is 1. The number of nitrogens with zero attached hydrogens (tertiary/aromatic N) is 1. The molecule has 3 aromatic carbocycles. The molecule has 4 N–H and O–H groups in total. The lowest BCUT2D eigenvalue weighted by atomic mass is 9.68. The molecule has 0 amide bonds. The van der Waals surface area contributed by atoms with Crippen molar-refractivity contribution in [2.75, 3.05) is 7.11 Å². The second kappa shape index (κ2) is 7.34. The van der Waals surface area contributed by atoms with Gasteiger partial charge in [0.15, 0.2) is 22.8 Å². The fraction of sp³-hybridized carbons (Fsp3) is 0.310. The monoisotopic (exact) mass is 483 g/mol. The number of methoxy groups -OCH3 is 1. The summed E-state index contributed by atoms with van der Waals surface area (Å²) >= 11 is 0. The number of fused-ring (bicyclic) bond motifs is 1. The molecule has 5 atom stereocenters. The summed E-state index contributed by atoms with van der Waals surface area (Å²) < 4.78 is 12.4. The molecule has 184 valence electrons. The third kappa shape index (κ3) is 2.51. The first-order valence-corrected chi connectivity index (χ1v) is 12.1. The van der Waals surface area contributed by atoms with Gasteiger partial charge in [-0.05, 0) is 49.1 Å². The number of nitrogens with one attached hydrogen (secondary N) is 1. The number of hydrogen-bond acceptors (Lipinski definition) is 7. The van der Waals surface area contributed by atoms with E-state index in [1.807, 2.05) is 87.5 Å². The van der Waals surface area contributed by atoms with Crippen LogP contribution < -0.4 is 15.8 Å². The van der Waals surface area contributed by atoms with Crippen molar-refractivity contribution in [1.82, 2.24) is 5.32 Å². The van der Waals surface area contributed by atoms with E-state index in [1.54, 1.807) is 0 Å². The molecule has 0 unspecified atom stereocenters. The molecule has 7 heteroatoms. The molecule has 0 radical (unpaired) electrons. The summed E-state index contributed by atoms with van der Waals surface area (Å²) in [6, 6.07) is 21.6. The van der Waals surface area contributed by atoms with Gasteiger partial charge >= 0.3 is 5.97 Å². The molecule has 1 fully saturated rings. The van der Waals surface area contributed by atoms with Crippen molar-refractivity contribution in [2.45, 2.75) is 43.6 Å². The van der Waals surface area contributed by atoms with E-state index in [9.17, 15) is 9.90 Å². The number of rotatable bonds is 3. The predicted molar refractivity (Wildman–Crippen MR) is 135 cm³/mol. The van der Waals surface area contributed by atoms with Crippen molar-refractivity contribution < 1.29 is 19.4 Å². The van der Waals surface area contributed by atoms with Crippen LogP contribution in [0.25, 0.3) is 0 Å². The highest BCUT2D eigenvalue weighted by Gasteiger charge is 2.86. The summed E-state index contributed by atoms with van der Waals surface area (Å²) in [4.78, 5) is 18.6.